The van der Waals surface area contributed by atoms with Gasteiger partial charge in [0.2, 0.25) is 0 Å². The van der Waals surface area contributed by atoms with Gasteiger partial charge in [-0.3, -0.25) is 9.89 Å². The van der Waals surface area contributed by atoms with E-state index >= 15 is 0 Å². The summed E-state index contributed by atoms with van der Waals surface area (Å²) in [5.41, 5.74) is 3.00. The number of benzene rings is 2. The van der Waals surface area contributed by atoms with E-state index in [1.807, 2.05) is 6.92 Å². The minimum atomic E-state index is -0.304. The number of H-pyrrole nitrogens is 1. The standard InChI is InChI=1S/C19H17Cl2N3O3/c1-10-17(18(24-23-10)11-4-6-13(20)14(21)8-11)22-19(25)12-5-7-15(26-2)16(9-12)27-3/h4-9H,1-3H3,(H,22,25)(H,23,24). The molecule has 0 saturated heterocycles. The van der Waals surface area contributed by atoms with Crippen LogP contribution in [0.4, 0.5) is 5.69 Å². The van der Waals surface area contributed by atoms with Crippen molar-refractivity contribution in [1.29, 1.82) is 0 Å². The zero-order valence-electron chi connectivity index (χ0n) is 14.9. The van der Waals surface area contributed by atoms with Crippen molar-refractivity contribution >= 4 is 34.8 Å². The quantitative estimate of drug-likeness (QED) is 0.628. The first kappa shape index (κ1) is 19.1. The lowest BCUT2D eigenvalue weighted by Crippen LogP contribution is -2.13. The average molecular weight is 406 g/mol. The van der Waals surface area contributed by atoms with Gasteiger partial charge in [0.25, 0.3) is 5.91 Å². The van der Waals surface area contributed by atoms with E-state index in [1.54, 1.807) is 36.4 Å². The first-order valence-electron chi connectivity index (χ1n) is 7.98. The molecule has 0 radical (unpaired) electrons. The van der Waals surface area contributed by atoms with E-state index in [0.29, 0.717) is 44.2 Å². The molecule has 3 rings (SSSR count). The molecule has 0 atom stereocenters. The van der Waals surface area contributed by atoms with Crippen molar-refractivity contribution in [2.75, 3.05) is 19.5 Å². The summed E-state index contributed by atoms with van der Waals surface area (Å²) in [7, 11) is 3.05. The zero-order chi connectivity index (χ0) is 19.6. The normalized spacial score (nSPS) is 10.6. The highest BCUT2D eigenvalue weighted by atomic mass is 35.5. The van der Waals surface area contributed by atoms with Crippen LogP contribution in [-0.4, -0.2) is 30.3 Å². The number of ether oxygens (including phenoxy) is 2. The third-order valence-corrected chi connectivity index (χ3v) is 4.76. The Morgan fingerprint density at radius 1 is 1.04 bits per heavy atom. The van der Waals surface area contributed by atoms with E-state index in [9.17, 15) is 4.79 Å². The number of carbonyl (C=O) groups excluding carboxylic acids is 1. The average Bonchev–Trinajstić information content (AvgIpc) is 3.03. The summed E-state index contributed by atoms with van der Waals surface area (Å²) in [4.78, 5) is 12.7. The predicted molar refractivity (Wildman–Crippen MR) is 106 cm³/mol. The number of aromatic amines is 1. The Hall–Kier alpha value is -2.70. The van der Waals surface area contributed by atoms with E-state index < -0.39 is 0 Å². The molecule has 6 nitrogen and oxygen atoms in total. The van der Waals surface area contributed by atoms with Crippen LogP contribution < -0.4 is 14.8 Å². The lowest BCUT2D eigenvalue weighted by molar-refractivity contribution is 0.102. The van der Waals surface area contributed by atoms with E-state index in [4.69, 9.17) is 32.7 Å². The maximum Gasteiger partial charge on any atom is 0.255 e. The summed E-state index contributed by atoms with van der Waals surface area (Å²) in [6, 6.07) is 10.1. The minimum Gasteiger partial charge on any atom is -0.493 e. The summed E-state index contributed by atoms with van der Waals surface area (Å²) in [6.07, 6.45) is 0. The second kappa shape index (κ2) is 7.90. The highest BCUT2D eigenvalue weighted by Gasteiger charge is 2.18. The van der Waals surface area contributed by atoms with Gasteiger partial charge in [-0.15, -0.1) is 0 Å². The molecule has 1 heterocycles. The fraction of sp³-hybridized carbons (Fsp3) is 0.158. The number of halogens is 2. The van der Waals surface area contributed by atoms with Gasteiger partial charge in [0.05, 0.1) is 35.6 Å². The molecule has 0 unspecified atom stereocenters. The molecule has 2 N–H and O–H groups in total. The van der Waals surface area contributed by atoms with Crippen LogP contribution in [0.5, 0.6) is 11.5 Å². The van der Waals surface area contributed by atoms with E-state index in [2.05, 4.69) is 15.5 Å². The van der Waals surface area contributed by atoms with Crippen molar-refractivity contribution in [2.45, 2.75) is 6.92 Å². The summed E-state index contributed by atoms with van der Waals surface area (Å²) in [6.45, 7) is 1.82. The summed E-state index contributed by atoms with van der Waals surface area (Å²) >= 11 is 12.1. The molecule has 3 aromatic rings. The van der Waals surface area contributed by atoms with Gasteiger partial charge in [0, 0.05) is 11.1 Å². The Balaban J connectivity index is 1.93. The monoisotopic (exact) mass is 405 g/mol. The first-order valence-corrected chi connectivity index (χ1v) is 8.74. The van der Waals surface area contributed by atoms with Gasteiger partial charge in [-0.05, 0) is 37.3 Å². The minimum absolute atomic E-state index is 0.304. The largest absolute Gasteiger partial charge is 0.493 e. The van der Waals surface area contributed by atoms with Crippen molar-refractivity contribution in [3.63, 3.8) is 0 Å². The third-order valence-electron chi connectivity index (χ3n) is 4.02. The van der Waals surface area contributed by atoms with Gasteiger partial charge in [0.15, 0.2) is 11.5 Å². The van der Waals surface area contributed by atoms with Gasteiger partial charge < -0.3 is 14.8 Å². The summed E-state index contributed by atoms with van der Waals surface area (Å²) < 4.78 is 10.5. The SMILES string of the molecule is COc1ccc(C(=O)Nc2c(-c3ccc(Cl)c(Cl)c3)n[nH]c2C)cc1OC. The molecule has 8 heteroatoms. The number of carbonyl (C=O) groups is 1. The number of aryl methyl sites for hydroxylation is 1. The van der Waals surface area contributed by atoms with Crippen LogP contribution >= 0.6 is 23.2 Å². The lowest BCUT2D eigenvalue weighted by Gasteiger charge is -2.11. The molecular formula is C19H17Cl2N3O3. The van der Waals surface area contributed by atoms with Gasteiger partial charge in [-0.25, -0.2) is 0 Å². The topological polar surface area (TPSA) is 76.2 Å². The molecule has 27 heavy (non-hydrogen) atoms. The Bertz CT molecular complexity index is 1000. The van der Waals surface area contributed by atoms with Crippen molar-refractivity contribution in [3.05, 3.63) is 57.7 Å². The number of nitrogens with zero attached hydrogens (tertiary/aromatic N) is 1. The van der Waals surface area contributed by atoms with Crippen molar-refractivity contribution < 1.29 is 14.3 Å². The number of anilines is 1. The van der Waals surface area contributed by atoms with Gasteiger partial charge >= 0.3 is 0 Å². The number of aromatic nitrogens is 2. The highest BCUT2D eigenvalue weighted by molar-refractivity contribution is 6.42. The Labute approximate surface area is 166 Å². The molecule has 0 aliphatic carbocycles. The molecule has 2 aromatic carbocycles. The molecule has 0 spiro atoms. The summed E-state index contributed by atoms with van der Waals surface area (Å²) in [5, 5.41) is 10.9. The Kier molecular flexibility index (Phi) is 5.58. The number of hydrogen-bond donors (Lipinski definition) is 2. The number of nitrogens with one attached hydrogen (secondary N) is 2. The smallest absolute Gasteiger partial charge is 0.255 e. The number of rotatable bonds is 5. The van der Waals surface area contributed by atoms with Crippen molar-refractivity contribution in [3.8, 4) is 22.8 Å². The molecule has 0 saturated carbocycles. The number of methoxy groups -OCH3 is 2. The predicted octanol–water partition coefficient (Wildman–Crippen LogP) is 4.96. The van der Waals surface area contributed by atoms with Crippen LogP contribution in [0, 0.1) is 6.92 Å². The van der Waals surface area contributed by atoms with Crippen molar-refractivity contribution in [1.82, 2.24) is 10.2 Å². The Morgan fingerprint density at radius 2 is 1.78 bits per heavy atom. The van der Waals surface area contributed by atoms with E-state index in [0.717, 1.165) is 5.56 Å². The highest BCUT2D eigenvalue weighted by Crippen LogP contribution is 2.33. The fourth-order valence-electron chi connectivity index (χ4n) is 2.60. The van der Waals surface area contributed by atoms with E-state index in [1.165, 1.54) is 14.2 Å². The van der Waals surface area contributed by atoms with Crippen LogP contribution in [0.15, 0.2) is 36.4 Å². The fourth-order valence-corrected chi connectivity index (χ4v) is 2.90. The van der Waals surface area contributed by atoms with Crippen LogP contribution in [0.3, 0.4) is 0 Å². The molecular weight excluding hydrogens is 389 g/mol. The molecule has 140 valence electrons. The third kappa shape index (κ3) is 3.86. The van der Waals surface area contributed by atoms with Gasteiger partial charge in [0.1, 0.15) is 5.69 Å². The van der Waals surface area contributed by atoms with Crippen LogP contribution in [-0.2, 0) is 0 Å². The van der Waals surface area contributed by atoms with Gasteiger partial charge in [-0.2, -0.15) is 5.10 Å². The molecule has 0 aliphatic rings. The van der Waals surface area contributed by atoms with Crippen LogP contribution in [0.1, 0.15) is 16.1 Å². The molecule has 0 aliphatic heterocycles. The maximum absolute atomic E-state index is 12.7. The second-order valence-corrected chi connectivity index (χ2v) is 6.54. The molecule has 0 bridgehead atoms. The zero-order valence-corrected chi connectivity index (χ0v) is 16.4. The molecule has 1 aromatic heterocycles. The van der Waals surface area contributed by atoms with Gasteiger partial charge in [-0.1, -0.05) is 29.3 Å². The van der Waals surface area contributed by atoms with E-state index in [-0.39, 0.29) is 5.91 Å². The first-order chi connectivity index (χ1) is 12.9. The molecule has 0 fully saturated rings. The van der Waals surface area contributed by atoms with Crippen LogP contribution in [0.25, 0.3) is 11.3 Å². The van der Waals surface area contributed by atoms with Crippen molar-refractivity contribution in [2.24, 2.45) is 0 Å². The Morgan fingerprint density at radius 3 is 2.44 bits per heavy atom. The van der Waals surface area contributed by atoms with Crippen LogP contribution in [0.2, 0.25) is 10.0 Å². The number of amides is 1. The summed E-state index contributed by atoms with van der Waals surface area (Å²) in [5.74, 6) is 0.713. The maximum atomic E-state index is 12.7. The molecule has 1 amide bonds. The lowest BCUT2D eigenvalue weighted by atomic mass is 10.1. The number of hydrogen-bond acceptors (Lipinski definition) is 4. The second-order valence-electron chi connectivity index (χ2n) is 5.72.